The summed E-state index contributed by atoms with van der Waals surface area (Å²) in [6.07, 6.45) is 3.42. The van der Waals surface area contributed by atoms with E-state index >= 15 is 0 Å². The fourth-order valence-electron chi connectivity index (χ4n) is 2.47. The number of amides is 1. The highest BCUT2D eigenvalue weighted by Gasteiger charge is 2.33. The molecular formula is C14H18FNO2. The Kier molecular flexibility index (Phi) is 3.66. The number of rotatable bonds is 3. The molecule has 0 unspecified atom stereocenters. The van der Waals surface area contributed by atoms with Crippen molar-refractivity contribution >= 4 is 11.6 Å². The second-order valence-corrected chi connectivity index (χ2v) is 5.12. The summed E-state index contributed by atoms with van der Waals surface area (Å²) in [5, 5.41) is 12.9. The van der Waals surface area contributed by atoms with Gasteiger partial charge in [-0.3, -0.25) is 4.79 Å². The van der Waals surface area contributed by atoms with Gasteiger partial charge in [-0.05, 0) is 43.5 Å². The Balaban J connectivity index is 1.98. The Morgan fingerprint density at radius 3 is 2.72 bits per heavy atom. The van der Waals surface area contributed by atoms with E-state index in [1.54, 1.807) is 13.0 Å². The SMILES string of the molecule is Cc1cc(F)ccc1NC(=O)CC1(O)CCCC1. The van der Waals surface area contributed by atoms with E-state index in [0.717, 1.165) is 12.8 Å². The first-order valence-electron chi connectivity index (χ1n) is 6.27. The fourth-order valence-corrected chi connectivity index (χ4v) is 2.47. The van der Waals surface area contributed by atoms with Gasteiger partial charge in [-0.1, -0.05) is 12.8 Å². The van der Waals surface area contributed by atoms with Crippen LogP contribution in [0, 0.1) is 12.7 Å². The molecule has 1 aromatic rings. The van der Waals surface area contributed by atoms with Crippen molar-refractivity contribution in [3.63, 3.8) is 0 Å². The van der Waals surface area contributed by atoms with Crippen molar-refractivity contribution in [3.8, 4) is 0 Å². The summed E-state index contributed by atoms with van der Waals surface area (Å²) in [5.41, 5.74) is 0.433. The maximum absolute atomic E-state index is 12.9. The van der Waals surface area contributed by atoms with E-state index in [0.29, 0.717) is 24.1 Å². The van der Waals surface area contributed by atoms with Crippen molar-refractivity contribution in [3.05, 3.63) is 29.6 Å². The molecule has 0 atom stereocenters. The quantitative estimate of drug-likeness (QED) is 0.867. The lowest BCUT2D eigenvalue weighted by molar-refractivity contribution is -0.120. The number of aliphatic hydroxyl groups is 1. The van der Waals surface area contributed by atoms with Crippen LogP contribution in [-0.2, 0) is 4.79 Å². The minimum Gasteiger partial charge on any atom is -0.389 e. The summed E-state index contributed by atoms with van der Waals surface area (Å²) in [4.78, 5) is 11.8. The van der Waals surface area contributed by atoms with Gasteiger partial charge in [-0.2, -0.15) is 0 Å². The number of carbonyl (C=O) groups is 1. The van der Waals surface area contributed by atoms with E-state index < -0.39 is 5.60 Å². The Labute approximate surface area is 106 Å². The third-order valence-electron chi connectivity index (χ3n) is 3.49. The molecule has 0 bridgehead atoms. The Bertz CT molecular complexity index is 453. The van der Waals surface area contributed by atoms with Crippen LogP contribution < -0.4 is 5.32 Å². The van der Waals surface area contributed by atoms with Crippen LogP contribution in [0.25, 0.3) is 0 Å². The average Bonchev–Trinajstić information content (AvgIpc) is 2.69. The van der Waals surface area contributed by atoms with Gasteiger partial charge in [-0.25, -0.2) is 4.39 Å². The van der Waals surface area contributed by atoms with Gasteiger partial charge >= 0.3 is 0 Å². The van der Waals surface area contributed by atoms with Crippen LogP contribution in [-0.4, -0.2) is 16.6 Å². The molecule has 1 fully saturated rings. The highest BCUT2D eigenvalue weighted by Crippen LogP contribution is 2.32. The predicted molar refractivity (Wildman–Crippen MR) is 67.8 cm³/mol. The molecule has 1 aromatic carbocycles. The van der Waals surface area contributed by atoms with E-state index in [-0.39, 0.29) is 18.1 Å². The number of hydrogen-bond acceptors (Lipinski definition) is 2. The second kappa shape index (κ2) is 5.06. The maximum Gasteiger partial charge on any atom is 0.227 e. The molecule has 0 radical (unpaired) electrons. The molecule has 4 heteroatoms. The van der Waals surface area contributed by atoms with Crippen molar-refractivity contribution in [2.45, 2.75) is 44.6 Å². The molecule has 3 nitrogen and oxygen atoms in total. The number of halogens is 1. The molecule has 1 aliphatic carbocycles. The molecule has 1 saturated carbocycles. The van der Waals surface area contributed by atoms with Crippen LogP contribution in [0.4, 0.5) is 10.1 Å². The normalized spacial score (nSPS) is 17.7. The van der Waals surface area contributed by atoms with E-state index in [4.69, 9.17) is 0 Å². The number of nitrogens with one attached hydrogen (secondary N) is 1. The zero-order valence-electron chi connectivity index (χ0n) is 10.5. The molecule has 1 amide bonds. The highest BCUT2D eigenvalue weighted by atomic mass is 19.1. The molecule has 98 valence electrons. The third kappa shape index (κ3) is 3.07. The molecule has 1 aliphatic rings. The summed E-state index contributed by atoms with van der Waals surface area (Å²) in [5.74, 6) is -0.533. The van der Waals surface area contributed by atoms with Crippen LogP contribution in [0.5, 0.6) is 0 Å². The lowest BCUT2D eigenvalue weighted by atomic mass is 9.97. The molecular weight excluding hydrogens is 233 g/mol. The van der Waals surface area contributed by atoms with Crippen LogP contribution in [0.1, 0.15) is 37.7 Å². The van der Waals surface area contributed by atoms with Crippen LogP contribution in [0.2, 0.25) is 0 Å². The van der Waals surface area contributed by atoms with Crippen LogP contribution >= 0.6 is 0 Å². The van der Waals surface area contributed by atoms with Gasteiger partial charge in [0.2, 0.25) is 5.91 Å². The first-order chi connectivity index (χ1) is 8.48. The molecule has 2 N–H and O–H groups in total. The van der Waals surface area contributed by atoms with Crippen molar-refractivity contribution in [1.29, 1.82) is 0 Å². The van der Waals surface area contributed by atoms with Gasteiger partial charge in [0.05, 0.1) is 12.0 Å². The molecule has 0 aliphatic heterocycles. The van der Waals surface area contributed by atoms with E-state index in [2.05, 4.69) is 5.32 Å². The summed E-state index contributed by atoms with van der Waals surface area (Å²) < 4.78 is 12.9. The molecule has 0 saturated heterocycles. The fraction of sp³-hybridized carbons (Fsp3) is 0.500. The number of hydrogen-bond donors (Lipinski definition) is 2. The summed E-state index contributed by atoms with van der Waals surface area (Å²) >= 11 is 0. The first-order valence-corrected chi connectivity index (χ1v) is 6.27. The smallest absolute Gasteiger partial charge is 0.227 e. The lowest BCUT2D eigenvalue weighted by Gasteiger charge is -2.21. The summed E-state index contributed by atoms with van der Waals surface area (Å²) in [7, 11) is 0. The van der Waals surface area contributed by atoms with Gasteiger partial charge in [0, 0.05) is 5.69 Å². The number of benzene rings is 1. The summed E-state index contributed by atoms with van der Waals surface area (Å²) in [6.45, 7) is 1.74. The third-order valence-corrected chi connectivity index (χ3v) is 3.49. The number of anilines is 1. The van der Waals surface area contributed by atoms with Gasteiger partial charge in [0.15, 0.2) is 0 Å². The monoisotopic (exact) mass is 251 g/mol. The van der Waals surface area contributed by atoms with Crippen molar-refractivity contribution in [2.24, 2.45) is 0 Å². The Hall–Kier alpha value is -1.42. The van der Waals surface area contributed by atoms with E-state index in [1.165, 1.54) is 12.1 Å². The zero-order valence-corrected chi connectivity index (χ0v) is 10.5. The van der Waals surface area contributed by atoms with Crippen molar-refractivity contribution in [1.82, 2.24) is 0 Å². The summed E-state index contributed by atoms with van der Waals surface area (Å²) in [6, 6.07) is 4.23. The molecule has 0 aromatic heterocycles. The van der Waals surface area contributed by atoms with Crippen LogP contribution in [0.15, 0.2) is 18.2 Å². The Morgan fingerprint density at radius 2 is 2.11 bits per heavy atom. The van der Waals surface area contributed by atoms with Gasteiger partial charge < -0.3 is 10.4 Å². The van der Waals surface area contributed by atoms with Gasteiger partial charge in [0.1, 0.15) is 5.82 Å². The number of aryl methyl sites for hydroxylation is 1. The number of carbonyl (C=O) groups excluding carboxylic acids is 1. The minimum absolute atomic E-state index is 0.115. The standard InChI is InChI=1S/C14H18FNO2/c1-10-8-11(15)4-5-12(10)16-13(17)9-14(18)6-2-3-7-14/h4-5,8,18H,2-3,6-7,9H2,1H3,(H,16,17). The largest absolute Gasteiger partial charge is 0.389 e. The molecule has 2 rings (SSSR count). The highest BCUT2D eigenvalue weighted by molar-refractivity contribution is 5.92. The first kappa shape index (κ1) is 13.0. The Morgan fingerprint density at radius 1 is 1.44 bits per heavy atom. The zero-order chi connectivity index (χ0) is 13.2. The molecule has 0 spiro atoms. The van der Waals surface area contributed by atoms with Gasteiger partial charge in [-0.15, -0.1) is 0 Å². The van der Waals surface area contributed by atoms with Crippen molar-refractivity contribution in [2.75, 3.05) is 5.32 Å². The predicted octanol–water partition coefficient (Wildman–Crippen LogP) is 2.77. The molecule has 18 heavy (non-hydrogen) atoms. The topological polar surface area (TPSA) is 49.3 Å². The minimum atomic E-state index is -0.849. The van der Waals surface area contributed by atoms with Gasteiger partial charge in [0.25, 0.3) is 0 Å². The van der Waals surface area contributed by atoms with E-state index in [1.807, 2.05) is 0 Å². The van der Waals surface area contributed by atoms with Crippen LogP contribution in [0.3, 0.4) is 0 Å². The van der Waals surface area contributed by atoms with Crippen molar-refractivity contribution < 1.29 is 14.3 Å². The lowest BCUT2D eigenvalue weighted by Crippen LogP contribution is -2.30. The molecule has 0 heterocycles. The average molecular weight is 251 g/mol. The maximum atomic E-state index is 12.9. The van der Waals surface area contributed by atoms with E-state index in [9.17, 15) is 14.3 Å². The second-order valence-electron chi connectivity index (χ2n) is 5.12.